The first kappa shape index (κ1) is 21.2. The highest BCUT2D eigenvalue weighted by Gasteiger charge is 2.22. The maximum Gasteiger partial charge on any atom is 0.307 e. The minimum Gasteiger partial charge on any atom is -0.469 e. The smallest absolute Gasteiger partial charge is 0.307 e. The minimum atomic E-state index is -0.343. The van der Waals surface area contributed by atoms with Gasteiger partial charge in [0.15, 0.2) is 0 Å². The average molecular weight is 437 g/mol. The van der Waals surface area contributed by atoms with Crippen LogP contribution in [0.3, 0.4) is 0 Å². The topological polar surface area (TPSA) is 60.8 Å². The first-order chi connectivity index (χ1) is 12.9. The molecule has 0 fully saturated rings. The molecule has 0 bridgehead atoms. The Bertz CT molecular complexity index is 816. The summed E-state index contributed by atoms with van der Waals surface area (Å²) in [4.78, 5) is 26.3. The molecular formula is C20H25BrN2O4. The number of hydrogen-bond acceptors (Lipinski definition) is 4. The number of hydrogen-bond donors (Lipinski definition) is 0. The summed E-state index contributed by atoms with van der Waals surface area (Å²) in [6.07, 6.45) is 0.149. The summed E-state index contributed by atoms with van der Waals surface area (Å²) in [7, 11) is 2.93. The lowest BCUT2D eigenvalue weighted by molar-refractivity contribution is -0.140. The highest BCUT2D eigenvalue weighted by atomic mass is 79.9. The Kier molecular flexibility index (Phi) is 7.62. The molecule has 2 aromatic rings. The summed E-state index contributed by atoms with van der Waals surface area (Å²) in [6, 6.07) is 9.81. The van der Waals surface area contributed by atoms with Crippen molar-refractivity contribution in [3.63, 3.8) is 0 Å². The average Bonchev–Trinajstić information content (AvgIpc) is 2.95. The number of aromatic nitrogens is 1. The molecular weight excluding hydrogens is 412 g/mol. The molecule has 6 nitrogen and oxygen atoms in total. The second-order valence-electron chi connectivity index (χ2n) is 6.21. The number of rotatable bonds is 8. The molecule has 1 aromatic carbocycles. The Hall–Kier alpha value is -2.12. The first-order valence-corrected chi connectivity index (χ1v) is 9.48. The van der Waals surface area contributed by atoms with E-state index in [2.05, 4.69) is 20.7 Å². The van der Waals surface area contributed by atoms with Crippen LogP contribution >= 0.6 is 15.9 Å². The number of amides is 1. The van der Waals surface area contributed by atoms with Crippen LogP contribution in [0.2, 0.25) is 0 Å². The number of nitrogens with zero attached hydrogens (tertiary/aromatic N) is 2. The molecule has 0 radical (unpaired) electrons. The molecule has 0 atom stereocenters. The Morgan fingerprint density at radius 1 is 1.15 bits per heavy atom. The second kappa shape index (κ2) is 9.71. The molecule has 0 spiro atoms. The number of esters is 1. The van der Waals surface area contributed by atoms with Crippen molar-refractivity contribution in [2.75, 3.05) is 33.9 Å². The van der Waals surface area contributed by atoms with E-state index in [-0.39, 0.29) is 24.8 Å². The first-order valence-electron chi connectivity index (χ1n) is 8.69. The van der Waals surface area contributed by atoms with Gasteiger partial charge in [-0.25, -0.2) is 0 Å². The van der Waals surface area contributed by atoms with Crippen molar-refractivity contribution in [1.29, 1.82) is 0 Å². The van der Waals surface area contributed by atoms with Crippen molar-refractivity contribution in [3.05, 3.63) is 51.8 Å². The molecule has 27 heavy (non-hydrogen) atoms. The van der Waals surface area contributed by atoms with Gasteiger partial charge in [-0.1, -0.05) is 22.0 Å². The van der Waals surface area contributed by atoms with E-state index in [4.69, 9.17) is 4.74 Å². The van der Waals surface area contributed by atoms with Gasteiger partial charge in [0.1, 0.15) is 0 Å². The van der Waals surface area contributed by atoms with Gasteiger partial charge in [0.25, 0.3) is 5.91 Å². The van der Waals surface area contributed by atoms with E-state index < -0.39 is 0 Å². The van der Waals surface area contributed by atoms with Crippen LogP contribution in [0.5, 0.6) is 0 Å². The summed E-state index contributed by atoms with van der Waals surface area (Å²) in [5.74, 6) is -0.463. The third kappa shape index (κ3) is 5.20. The molecule has 146 valence electrons. The summed E-state index contributed by atoms with van der Waals surface area (Å²) in [5.41, 5.74) is 3.43. The van der Waals surface area contributed by atoms with Crippen molar-refractivity contribution in [2.24, 2.45) is 0 Å². The maximum absolute atomic E-state index is 13.1. The van der Waals surface area contributed by atoms with Crippen LogP contribution in [-0.4, -0.2) is 55.3 Å². The van der Waals surface area contributed by atoms with E-state index in [1.165, 1.54) is 7.11 Å². The van der Waals surface area contributed by atoms with Crippen LogP contribution in [-0.2, 0) is 14.3 Å². The normalized spacial score (nSPS) is 10.7. The largest absolute Gasteiger partial charge is 0.469 e. The predicted molar refractivity (Wildman–Crippen MR) is 107 cm³/mol. The van der Waals surface area contributed by atoms with E-state index in [1.807, 2.05) is 48.7 Å². The van der Waals surface area contributed by atoms with Crippen LogP contribution in [0.15, 0.2) is 34.8 Å². The van der Waals surface area contributed by atoms with Crippen LogP contribution in [0.1, 0.15) is 28.2 Å². The Morgan fingerprint density at radius 2 is 1.89 bits per heavy atom. The third-order valence-electron chi connectivity index (χ3n) is 4.39. The number of carbonyl (C=O) groups is 2. The summed E-state index contributed by atoms with van der Waals surface area (Å²) >= 11 is 3.49. The highest BCUT2D eigenvalue weighted by Crippen LogP contribution is 2.24. The number of methoxy groups -OCH3 is 2. The van der Waals surface area contributed by atoms with Crippen LogP contribution in [0, 0.1) is 13.8 Å². The molecule has 0 saturated heterocycles. The number of carbonyl (C=O) groups excluding carboxylic acids is 2. The van der Waals surface area contributed by atoms with Crippen LogP contribution in [0.4, 0.5) is 0 Å². The Balaban J connectivity index is 2.32. The molecule has 1 amide bonds. The molecule has 0 saturated carbocycles. The van der Waals surface area contributed by atoms with Gasteiger partial charge in [0.05, 0.1) is 25.7 Å². The van der Waals surface area contributed by atoms with Gasteiger partial charge in [-0.05, 0) is 38.1 Å². The monoisotopic (exact) mass is 436 g/mol. The van der Waals surface area contributed by atoms with Gasteiger partial charge >= 0.3 is 5.97 Å². The minimum absolute atomic E-state index is 0.120. The molecule has 1 heterocycles. The molecule has 0 aliphatic rings. The lowest BCUT2D eigenvalue weighted by Crippen LogP contribution is -2.36. The lowest BCUT2D eigenvalue weighted by atomic mass is 10.2. The van der Waals surface area contributed by atoms with Gasteiger partial charge in [-0.2, -0.15) is 0 Å². The summed E-state index contributed by atoms with van der Waals surface area (Å²) in [6.45, 7) is 4.99. The quantitative estimate of drug-likeness (QED) is 0.594. The fraction of sp³-hybridized carbons (Fsp3) is 0.400. The third-order valence-corrected chi connectivity index (χ3v) is 4.89. The van der Waals surface area contributed by atoms with E-state index in [0.717, 1.165) is 21.5 Å². The standard InChI is InChI=1S/C20H25BrN2O4/c1-14-12-18(15(2)23(14)17-7-5-6-16(21)13-17)20(25)22(10-11-26-3)9-8-19(24)27-4/h5-7,12-13H,8-11H2,1-4H3. The van der Waals surface area contributed by atoms with Crippen molar-refractivity contribution in [3.8, 4) is 5.69 Å². The zero-order valence-corrected chi connectivity index (χ0v) is 17.7. The van der Waals surface area contributed by atoms with Crippen LogP contribution in [0.25, 0.3) is 5.69 Å². The van der Waals surface area contributed by atoms with Gasteiger partial charge < -0.3 is 18.9 Å². The van der Waals surface area contributed by atoms with Crippen molar-refractivity contribution in [1.82, 2.24) is 9.47 Å². The van der Waals surface area contributed by atoms with E-state index in [1.54, 1.807) is 12.0 Å². The zero-order valence-electron chi connectivity index (χ0n) is 16.1. The zero-order chi connectivity index (χ0) is 20.0. The molecule has 0 aliphatic heterocycles. The van der Waals surface area contributed by atoms with Crippen LogP contribution < -0.4 is 0 Å². The fourth-order valence-electron chi connectivity index (χ4n) is 3.01. The van der Waals surface area contributed by atoms with Gasteiger partial charge in [0.2, 0.25) is 0 Å². The summed E-state index contributed by atoms with van der Waals surface area (Å²) < 4.78 is 12.8. The number of ether oxygens (including phenoxy) is 2. The lowest BCUT2D eigenvalue weighted by Gasteiger charge is -2.22. The number of halogens is 1. The maximum atomic E-state index is 13.1. The van der Waals surface area contributed by atoms with E-state index in [9.17, 15) is 9.59 Å². The van der Waals surface area contributed by atoms with Gasteiger partial charge in [0, 0.05) is 41.7 Å². The molecule has 0 N–H and O–H groups in total. The highest BCUT2D eigenvalue weighted by molar-refractivity contribution is 9.10. The van der Waals surface area contributed by atoms with Gasteiger partial charge in [-0.3, -0.25) is 9.59 Å². The Morgan fingerprint density at radius 3 is 2.52 bits per heavy atom. The van der Waals surface area contributed by atoms with Crippen molar-refractivity contribution in [2.45, 2.75) is 20.3 Å². The second-order valence-corrected chi connectivity index (χ2v) is 7.13. The van der Waals surface area contributed by atoms with Gasteiger partial charge in [-0.15, -0.1) is 0 Å². The fourth-order valence-corrected chi connectivity index (χ4v) is 3.39. The Labute approximate surface area is 168 Å². The molecule has 7 heteroatoms. The molecule has 1 aromatic heterocycles. The van der Waals surface area contributed by atoms with Crippen molar-refractivity contribution >= 4 is 27.8 Å². The van der Waals surface area contributed by atoms with Crippen molar-refractivity contribution < 1.29 is 19.1 Å². The number of aryl methyl sites for hydroxylation is 1. The molecule has 2 rings (SSSR count). The summed E-state index contributed by atoms with van der Waals surface area (Å²) in [5, 5.41) is 0. The predicted octanol–water partition coefficient (Wildman–Crippen LogP) is 3.51. The molecule has 0 aliphatic carbocycles. The SMILES string of the molecule is COCCN(CCC(=O)OC)C(=O)c1cc(C)n(-c2cccc(Br)c2)c1C. The number of benzene rings is 1. The molecule has 0 unspecified atom stereocenters. The van der Waals surface area contributed by atoms with E-state index >= 15 is 0 Å². The van der Waals surface area contributed by atoms with E-state index in [0.29, 0.717) is 18.7 Å².